The molecule has 1 aliphatic rings. The van der Waals surface area contributed by atoms with E-state index < -0.39 is 5.41 Å². The molecule has 0 aliphatic carbocycles. The molecule has 0 aromatic heterocycles. The lowest BCUT2D eigenvalue weighted by molar-refractivity contribution is -0.126. The monoisotopic (exact) mass is 280 g/mol. The van der Waals surface area contributed by atoms with Crippen molar-refractivity contribution in [2.24, 2.45) is 5.41 Å². The topological polar surface area (TPSA) is 62.1 Å². The Bertz CT molecular complexity index is 712. The molecular weight excluding hydrogens is 264 g/mol. The largest absolute Gasteiger partial charge is 0.381 e. The zero-order chi connectivity index (χ0) is 14.7. The molecular formula is C17H16N2O2. The maximum atomic E-state index is 12.5. The van der Waals surface area contributed by atoms with Crippen LogP contribution in [-0.2, 0) is 9.53 Å². The summed E-state index contributed by atoms with van der Waals surface area (Å²) in [5.41, 5.74) is -0.246. The van der Waals surface area contributed by atoms with Gasteiger partial charge in [-0.3, -0.25) is 4.79 Å². The molecule has 3 rings (SSSR count). The van der Waals surface area contributed by atoms with Crippen LogP contribution in [0.3, 0.4) is 0 Å². The summed E-state index contributed by atoms with van der Waals surface area (Å²) >= 11 is 0. The van der Waals surface area contributed by atoms with Crippen molar-refractivity contribution in [2.45, 2.75) is 12.8 Å². The lowest BCUT2D eigenvalue weighted by Crippen LogP contribution is -2.39. The summed E-state index contributed by atoms with van der Waals surface area (Å²) < 4.78 is 5.25. The van der Waals surface area contributed by atoms with E-state index in [0.717, 1.165) is 16.5 Å². The van der Waals surface area contributed by atoms with E-state index in [2.05, 4.69) is 11.4 Å². The molecule has 2 aromatic rings. The number of fused-ring (bicyclic) bond motifs is 1. The standard InChI is InChI=1S/C17H16N2O2/c18-12-17(7-9-21-10-8-17)16(20)19-15-6-5-13-3-1-2-4-14(13)11-15/h1-6,11H,7-10H2,(H,19,20). The van der Waals surface area contributed by atoms with Crippen molar-refractivity contribution in [3.05, 3.63) is 42.5 Å². The third-order valence-corrected chi connectivity index (χ3v) is 4.00. The van der Waals surface area contributed by atoms with Crippen molar-refractivity contribution in [1.29, 1.82) is 5.26 Å². The van der Waals surface area contributed by atoms with Crippen molar-refractivity contribution in [2.75, 3.05) is 18.5 Å². The molecule has 0 saturated carbocycles. The minimum Gasteiger partial charge on any atom is -0.381 e. The van der Waals surface area contributed by atoms with E-state index in [-0.39, 0.29) is 5.91 Å². The van der Waals surface area contributed by atoms with Crippen molar-refractivity contribution < 1.29 is 9.53 Å². The molecule has 2 aromatic carbocycles. The van der Waals surface area contributed by atoms with Crippen LogP contribution in [-0.4, -0.2) is 19.1 Å². The molecule has 1 heterocycles. The molecule has 1 aliphatic heterocycles. The number of hydrogen-bond acceptors (Lipinski definition) is 3. The van der Waals surface area contributed by atoms with Crippen molar-refractivity contribution in [3.63, 3.8) is 0 Å². The summed E-state index contributed by atoms with van der Waals surface area (Å²) in [7, 11) is 0. The Labute approximate surface area is 123 Å². The fourth-order valence-electron chi connectivity index (χ4n) is 2.63. The van der Waals surface area contributed by atoms with Crippen LogP contribution in [0.4, 0.5) is 5.69 Å². The summed E-state index contributed by atoms with van der Waals surface area (Å²) in [4.78, 5) is 12.5. The number of rotatable bonds is 2. The zero-order valence-corrected chi connectivity index (χ0v) is 11.6. The molecule has 0 spiro atoms. The second-order valence-electron chi connectivity index (χ2n) is 5.32. The highest BCUT2D eigenvalue weighted by atomic mass is 16.5. The molecule has 0 bridgehead atoms. The van der Waals surface area contributed by atoms with Crippen LogP contribution < -0.4 is 5.32 Å². The van der Waals surface area contributed by atoms with Crippen LogP contribution in [0.2, 0.25) is 0 Å². The molecule has 0 unspecified atom stereocenters. The Morgan fingerprint density at radius 3 is 2.57 bits per heavy atom. The first-order valence-corrected chi connectivity index (χ1v) is 7.03. The van der Waals surface area contributed by atoms with Gasteiger partial charge >= 0.3 is 0 Å². The van der Waals surface area contributed by atoms with Gasteiger partial charge in [0.05, 0.1) is 6.07 Å². The van der Waals surface area contributed by atoms with Crippen LogP contribution in [0.1, 0.15) is 12.8 Å². The second-order valence-corrected chi connectivity index (χ2v) is 5.32. The third-order valence-electron chi connectivity index (χ3n) is 4.00. The molecule has 1 fully saturated rings. The number of amides is 1. The van der Waals surface area contributed by atoms with E-state index in [1.807, 2.05) is 42.5 Å². The minimum absolute atomic E-state index is 0.233. The van der Waals surface area contributed by atoms with Crippen LogP contribution in [0.15, 0.2) is 42.5 Å². The molecule has 4 heteroatoms. The van der Waals surface area contributed by atoms with E-state index in [1.54, 1.807) is 0 Å². The number of anilines is 1. The van der Waals surface area contributed by atoms with Crippen LogP contribution in [0.5, 0.6) is 0 Å². The average Bonchev–Trinajstić information content (AvgIpc) is 2.55. The SMILES string of the molecule is N#CC1(C(=O)Nc2ccc3ccccc3c2)CCOCC1. The first-order valence-electron chi connectivity index (χ1n) is 7.03. The molecule has 1 saturated heterocycles. The van der Waals surface area contributed by atoms with Gasteiger partial charge in [0.25, 0.3) is 0 Å². The predicted molar refractivity (Wildman–Crippen MR) is 80.7 cm³/mol. The summed E-state index contributed by atoms with van der Waals surface area (Å²) in [6, 6.07) is 15.9. The van der Waals surface area contributed by atoms with Crippen molar-refractivity contribution >= 4 is 22.4 Å². The molecule has 21 heavy (non-hydrogen) atoms. The first kappa shape index (κ1) is 13.6. The van der Waals surface area contributed by atoms with Gasteiger partial charge in [0.1, 0.15) is 5.41 Å². The zero-order valence-electron chi connectivity index (χ0n) is 11.6. The lowest BCUT2D eigenvalue weighted by Gasteiger charge is -2.29. The van der Waals surface area contributed by atoms with E-state index in [4.69, 9.17) is 4.74 Å². The van der Waals surface area contributed by atoms with E-state index >= 15 is 0 Å². The minimum atomic E-state index is -0.968. The maximum Gasteiger partial charge on any atom is 0.245 e. The van der Waals surface area contributed by atoms with Crippen LogP contribution >= 0.6 is 0 Å². The number of nitrogens with one attached hydrogen (secondary N) is 1. The van der Waals surface area contributed by atoms with Gasteiger partial charge < -0.3 is 10.1 Å². The van der Waals surface area contributed by atoms with Gasteiger partial charge in [-0.2, -0.15) is 5.26 Å². The van der Waals surface area contributed by atoms with Crippen LogP contribution in [0, 0.1) is 16.7 Å². The Morgan fingerprint density at radius 2 is 1.86 bits per heavy atom. The number of nitriles is 1. The summed E-state index contributed by atoms with van der Waals surface area (Å²) in [6.45, 7) is 0.914. The van der Waals surface area contributed by atoms with Gasteiger partial charge in [0, 0.05) is 18.9 Å². The van der Waals surface area contributed by atoms with E-state index in [9.17, 15) is 10.1 Å². The number of benzene rings is 2. The van der Waals surface area contributed by atoms with Crippen LogP contribution in [0.25, 0.3) is 10.8 Å². The van der Waals surface area contributed by atoms with Crippen molar-refractivity contribution in [3.8, 4) is 6.07 Å². The average molecular weight is 280 g/mol. The quantitative estimate of drug-likeness (QED) is 0.919. The fourth-order valence-corrected chi connectivity index (χ4v) is 2.63. The second kappa shape index (κ2) is 5.55. The van der Waals surface area contributed by atoms with Gasteiger partial charge in [-0.25, -0.2) is 0 Å². The van der Waals surface area contributed by atoms with Gasteiger partial charge in [-0.15, -0.1) is 0 Å². The summed E-state index contributed by atoms with van der Waals surface area (Å²) in [5, 5.41) is 14.5. The fraction of sp³-hybridized carbons (Fsp3) is 0.294. The molecule has 1 amide bonds. The highest BCUT2D eigenvalue weighted by Gasteiger charge is 2.40. The number of carbonyl (C=O) groups is 1. The summed E-state index contributed by atoms with van der Waals surface area (Å²) in [5.74, 6) is -0.233. The summed E-state index contributed by atoms with van der Waals surface area (Å²) in [6.07, 6.45) is 0.895. The Kier molecular flexibility index (Phi) is 3.59. The molecule has 0 atom stereocenters. The maximum absolute atomic E-state index is 12.5. The highest BCUT2D eigenvalue weighted by molar-refractivity contribution is 5.99. The number of nitrogens with zero attached hydrogens (tertiary/aromatic N) is 1. The molecule has 4 nitrogen and oxygen atoms in total. The highest BCUT2D eigenvalue weighted by Crippen LogP contribution is 2.31. The predicted octanol–water partition coefficient (Wildman–Crippen LogP) is 3.10. The Balaban J connectivity index is 1.84. The Morgan fingerprint density at radius 1 is 1.14 bits per heavy atom. The first-order chi connectivity index (χ1) is 10.2. The molecule has 0 radical (unpaired) electrons. The Hall–Kier alpha value is -2.38. The van der Waals surface area contributed by atoms with Gasteiger partial charge in [0.15, 0.2) is 0 Å². The number of carbonyl (C=O) groups excluding carboxylic acids is 1. The number of ether oxygens (including phenoxy) is 1. The van der Waals surface area contributed by atoms with E-state index in [1.165, 1.54) is 0 Å². The van der Waals surface area contributed by atoms with Gasteiger partial charge in [0.2, 0.25) is 5.91 Å². The lowest BCUT2D eigenvalue weighted by atomic mass is 9.81. The van der Waals surface area contributed by atoms with Crippen molar-refractivity contribution in [1.82, 2.24) is 0 Å². The normalized spacial score (nSPS) is 17.1. The molecule has 106 valence electrons. The smallest absolute Gasteiger partial charge is 0.245 e. The molecule has 1 N–H and O–H groups in total. The number of hydrogen-bond donors (Lipinski definition) is 1. The van der Waals surface area contributed by atoms with E-state index in [0.29, 0.717) is 26.1 Å². The van der Waals surface area contributed by atoms with Gasteiger partial charge in [-0.1, -0.05) is 30.3 Å². The third kappa shape index (κ3) is 2.61. The van der Waals surface area contributed by atoms with Gasteiger partial charge in [-0.05, 0) is 35.7 Å².